The van der Waals surface area contributed by atoms with Gasteiger partial charge in [-0.05, 0) is 51.8 Å². The fourth-order valence-electron chi connectivity index (χ4n) is 4.28. The van der Waals surface area contributed by atoms with E-state index in [1.807, 2.05) is 37.1 Å². The molecule has 0 bridgehead atoms. The molecule has 5 rings (SSSR count). The lowest BCUT2D eigenvalue weighted by Crippen LogP contribution is -2.19. The molecule has 0 unspecified atom stereocenters. The fourth-order valence-corrected chi connectivity index (χ4v) is 6.28. The maximum Gasteiger partial charge on any atom is 0.188 e. The molecule has 0 spiro atoms. The van der Waals surface area contributed by atoms with Crippen LogP contribution < -0.4 is 5.32 Å². The number of anilines is 2. The lowest BCUT2D eigenvalue weighted by Gasteiger charge is -2.20. The molecule has 32 heavy (non-hydrogen) atoms. The molecular weight excluding hydrogens is 438 g/mol. The Bertz CT molecular complexity index is 1030. The highest BCUT2D eigenvalue weighted by atomic mass is 32.2. The molecule has 0 amide bonds. The SMILES string of the molecule is Cc1cc(-c2cnc(Nc3cnc(CN4CCCC4)cn3)s2)nc(SC2CCCCC2)n1. The second-order valence-corrected chi connectivity index (χ2v) is 10.9. The van der Waals surface area contributed by atoms with Crippen molar-refractivity contribution < 1.29 is 0 Å². The molecule has 0 aromatic carbocycles. The third-order valence-electron chi connectivity index (χ3n) is 5.94. The average Bonchev–Trinajstić information content (AvgIpc) is 3.48. The van der Waals surface area contributed by atoms with E-state index in [9.17, 15) is 0 Å². The number of hydrogen-bond acceptors (Lipinski definition) is 9. The van der Waals surface area contributed by atoms with E-state index in [2.05, 4.69) is 30.2 Å². The smallest absolute Gasteiger partial charge is 0.188 e. The van der Waals surface area contributed by atoms with Crippen molar-refractivity contribution in [2.45, 2.75) is 68.8 Å². The zero-order chi connectivity index (χ0) is 21.8. The molecule has 3 aromatic rings. The summed E-state index contributed by atoms with van der Waals surface area (Å²) in [5.74, 6) is 0.712. The number of hydrogen-bond donors (Lipinski definition) is 1. The van der Waals surface area contributed by atoms with Crippen LogP contribution in [-0.2, 0) is 6.54 Å². The van der Waals surface area contributed by atoms with Gasteiger partial charge in [-0.15, -0.1) is 0 Å². The number of aryl methyl sites for hydroxylation is 1. The van der Waals surface area contributed by atoms with Crippen LogP contribution in [-0.4, -0.2) is 48.2 Å². The molecule has 4 heterocycles. The van der Waals surface area contributed by atoms with Crippen LogP contribution in [0.25, 0.3) is 10.6 Å². The molecule has 2 aliphatic rings. The van der Waals surface area contributed by atoms with Crippen LogP contribution in [0.4, 0.5) is 10.9 Å². The largest absolute Gasteiger partial charge is 0.315 e. The van der Waals surface area contributed by atoms with E-state index in [1.165, 1.54) is 44.9 Å². The summed E-state index contributed by atoms with van der Waals surface area (Å²) in [7, 11) is 0. The Morgan fingerprint density at radius 3 is 2.62 bits per heavy atom. The van der Waals surface area contributed by atoms with Crippen molar-refractivity contribution in [1.82, 2.24) is 29.8 Å². The Morgan fingerprint density at radius 2 is 1.84 bits per heavy atom. The number of aromatic nitrogens is 5. The van der Waals surface area contributed by atoms with Gasteiger partial charge in [0.05, 0.1) is 28.7 Å². The van der Waals surface area contributed by atoms with Gasteiger partial charge in [0.1, 0.15) is 0 Å². The van der Waals surface area contributed by atoms with E-state index in [0.717, 1.165) is 51.9 Å². The molecule has 2 fully saturated rings. The number of rotatable bonds is 7. The van der Waals surface area contributed by atoms with E-state index in [1.54, 1.807) is 17.5 Å². The topological polar surface area (TPSA) is 79.7 Å². The molecule has 0 atom stereocenters. The molecule has 1 aliphatic heterocycles. The first-order valence-electron chi connectivity index (χ1n) is 11.5. The van der Waals surface area contributed by atoms with Crippen LogP contribution in [0.15, 0.2) is 29.8 Å². The van der Waals surface area contributed by atoms with Gasteiger partial charge in [0.25, 0.3) is 0 Å². The molecule has 1 saturated carbocycles. The summed E-state index contributed by atoms with van der Waals surface area (Å²) in [5, 5.41) is 5.60. The van der Waals surface area contributed by atoms with Crippen LogP contribution in [0.2, 0.25) is 0 Å². The minimum atomic E-state index is 0.643. The minimum absolute atomic E-state index is 0.643. The van der Waals surface area contributed by atoms with Crippen LogP contribution in [0, 0.1) is 6.92 Å². The van der Waals surface area contributed by atoms with Crippen LogP contribution in [0.5, 0.6) is 0 Å². The normalized spacial score (nSPS) is 17.7. The predicted octanol–water partition coefficient (Wildman–Crippen LogP) is 5.46. The fraction of sp³-hybridized carbons (Fsp3) is 0.522. The number of nitrogens with one attached hydrogen (secondary N) is 1. The standard InChI is InChI=1S/C23H29N7S2/c1-16-11-19(28-23(27-16)31-18-7-3-2-4-8-18)20-13-26-22(32-20)29-21-14-24-17(12-25-21)15-30-9-5-6-10-30/h11-14,18H,2-10,15H2,1H3,(H,25,26,29). The summed E-state index contributed by atoms with van der Waals surface area (Å²) in [6, 6.07) is 2.04. The molecule has 168 valence electrons. The van der Waals surface area contributed by atoms with Crippen LogP contribution in [0.3, 0.4) is 0 Å². The lowest BCUT2D eigenvalue weighted by molar-refractivity contribution is 0.327. The van der Waals surface area contributed by atoms with Gasteiger partial charge in [0.2, 0.25) is 0 Å². The maximum absolute atomic E-state index is 4.84. The van der Waals surface area contributed by atoms with Gasteiger partial charge in [-0.1, -0.05) is 42.4 Å². The molecule has 7 nitrogen and oxygen atoms in total. The van der Waals surface area contributed by atoms with Crippen molar-refractivity contribution in [3.05, 3.63) is 36.0 Å². The second-order valence-electron chi connectivity index (χ2n) is 8.59. The monoisotopic (exact) mass is 467 g/mol. The van der Waals surface area contributed by atoms with Gasteiger partial charge in [-0.3, -0.25) is 9.88 Å². The Kier molecular flexibility index (Phi) is 6.95. The summed E-state index contributed by atoms with van der Waals surface area (Å²) in [5.41, 5.74) is 2.95. The summed E-state index contributed by atoms with van der Waals surface area (Å²) in [6.45, 7) is 5.23. The van der Waals surface area contributed by atoms with Crippen LogP contribution >= 0.6 is 23.1 Å². The summed E-state index contributed by atoms with van der Waals surface area (Å²) >= 11 is 3.41. The molecule has 1 N–H and O–H groups in total. The lowest BCUT2D eigenvalue weighted by atomic mass is 10.0. The third-order valence-corrected chi connectivity index (χ3v) is 8.07. The third kappa shape index (κ3) is 5.63. The van der Waals surface area contributed by atoms with Crippen molar-refractivity contribution in [2.75, 3.05) is 18.4 Å². The van der Waals surface area contributed by atoms with Gasteiger partial charge in [0, 0.05) is 23.7 Å². The van der Waals surface area contributed by atoms with Gasteiger partial charge >= 0.3 is 0 Å². The van der Waals surface area contributed by atoms with E-state index < -0.39 is 0 Å². The maximum atomic E-state index is 4.84. The van der Waals surface area contributed by atoms with E-state index >= 15 is 0 Å². The molecule has 3 aromatic heterocycles. The quantitative estimate of drug-likeness (QED) is 0.459. The Labute approximate surface area is 197 Å². The average molecular weight is 468 g/mol. The van der Waals surface area contributed by atoms with Crippen molar-refractivity contribution in [1.29, 1.82) is 0 Å². The Morgan fingerprint density at radius 1 is 1.00 bits per heavy atom. The predicted molar refractivity (Wildman–Crippen MR) is 130 cm³/mol. The van der Waals surface area contributed by atoms with E-state index in [-0.39, 0.29) is 0 Å². The molecule has 1 saturated heterocycles. The highest BCUT2D eigenvalue weighted by Gasteiger charge is 2.18. The minimum Gasteiger partial charge on any atom is -0.315 e. The summed E-state index contributed by atoms with van der Waals surface area (Å²) < 4.78 is 0. The van der Waals surface area contributed by atoms with Crippen molar-refractivity contribution in [3.8, 4) is 10.6 Å². The number of thiazole rings is 1. The zero-order valence-electron chi connectivity index (χ0n) is 18.5. The number of thioether (sulfide) groups is 1. The summed E-state index contributed by atoms with van der Waals surface area (Å²) in [4.78, 5) is 26.6. The van der Waals surface area contributed by atoms with Crippen LogP contribution in [0.1, 0.15) is 56.3 Å². The number of nitrogens with zero attached hydrogens (tertiary/aromatic N) is 6. The highest BCUT2D eigenvalue weighted by Crippen LogP contribution is 2.34. The Hall–Kier alpha value is -2.10. The molecule has 0 radical (unpaired) electrons. The van der Waals surface area contributed by atoms with Gasteiger partial charge < -0.3 is 5.32 Å². The second kappa shape index (κ2) is 10.2. The van der Waals surface area contributed by atoms with Gasteiger partial charge in [-0.2, -0.15) is 0 Å². The molecular formula is C23H29N7S2. The first kappa shape index (κ1) is 21.7. The molecule has 9 heteroatoms. The molecule has 1 aliphatic carbocycles. The zero-order valence-corrected chi connectivity index (χ0v) is 20.1. The van der Waals surface area contributed by atoms with E-state index in [4.69, 9.17) is 4.98 Å². The first-order chi connectivity index (χ1) is 15.7. The van der Waals surface area contributed by atoms with Gasteiger partial charge in [0.15, 0.2) is 16.1 Å². The number of likely N-dealkylation sites (tertiary alicyclic amines) is 1. The van der Waals surface area contributed by atoms with E-state index in [0.29, 0.717) is 11.1 Å². The van der Waals surface area contributed by atoms with Crippen molar-refractivity contribution in [2.24, 2.45) is 0 Å². The Balaban J connectivity index is 1.24. The summed E-state index contributed by atoms with van der Waals surface area (Å²) in [6.07, 6.45) is 14.6. The van der Waals surface area contributed by atoms with Crippen molar-refractivity contribution in [3.63, 3.8) is 0 Å². The first-order valence-corrected chi connectivity index (χ1v) is 13.2. The van der Waals surface area contributed by atoms with Crippen molar-refractivity contribution >= 4 is 34.0 Å². The highest BCUT2D eigenvalue weighted by molar-refractivity contribution is 7.99. The van der Waals surface area contributed by atoms with Gasteiger partial charge in [-0.25, -0.2) is 19.9 Å².